The number of aromatic hydroxyl groups is 2. The van der Waals surface area contributed by atoms with E-state index in [0.29, 0.717) is 0 Å². The predicted octanol–water partition coefficient (Wildman–Crippen LogP) is 2.40. The first-order chi connectivity index (χ1) is 9.75. The van der Waals surface area contributed by atoms with Crippen LogP contribution in [0.1, 0.15) is 6.92 Å². The lowest BCUT2D eigenvalue weighted by Crippen LogP contribution is -2.14. The van der Waals surface area contributed by atoms with Crippen LogP contribution in [0.15, 0.2) is 22.6 Å². The van der Waals surface area contributed by atoms with E-state index in [-0.39, 0.29) is 17.1 Å². The fourth-order valence-electron chi connectivity index (χ4n) is 1.53. The summed E-state index contributed by atoms with van der Waals surface area (Å²) in [5.74, 6) is -5.18. The van der Waals surface area contributed by atoms with E-state index in [1.807, 2.05) is 4.72 Å². The smallest absolute Gasteiger partial charge is 0.253 e. The largest absolute Gasteiger partial charge is 0.502 e. The van der Waals surface area contributed by atoms with E-state index in [1.165, 1.54) is 6.92 Å². The van der Waals surface area contributed by atoms with Crippen molar-refractivity contribution in [3.63, 3.8) is 0 Å². The van der Waals surface area contributed by atoms with E-state index >= 15 is 0 Å². The number of benzene rings is 1. The molecule has 1 aromatic carbocycles. The summed E-state index contributed by atoms with van der Waals surface area (Å²) >= 11 is 0. The molecule has 114 valence electrons. The Morgan fingerprint density at radius 3 is 2.43 bits per heavy atom. The van der Waals surface area contributed by atoms with Crippen LogP contribution in [0, 0.1) is 11.6 Å². The van der Waals surface area contributed by atoms with E-state index in [0.717, 1.165) is 18.2 Å². The molecule has 1 heterocycles. The molecule has 3 N–H and O–H groups in total. The molecular formula is C12H11F2NO5S. The molecule has 2 aromatic rings. The van der Waals surface area contributed by atoms with Gasteiger partial charge in [-0.1, -0.05) is 0 Å². The van der Waals surface area contributed by atoms with Crippen LogP contribution in [0.4, 0.5) is 14.7 Å². The van der Waals surface area contributed by atoms with Crippen molar-refractivity contribution in [3.05, 3.63) is 29.8 Å². The first-order valence-corrected chi connectivity index (χ1v) is 7.41. The molecule has 0 saturated carbocycles. The normalized spacial score (nSPS) is 11.6. The Bertz CT molecular complexity index is 785. The lowest BCUT2D eigenvalue weighted by Gasteiger charge is -2.02. The van der Waals surface area contributed by atoms with E-state index < -0.39 is 39.0 Å². The second-order valence-electron chi connectivity index (χ2n) is 4.09. The SMILES string of the molecule is CCS(=O)(=O)Nc1oc(-c2ccc(F)c(F)c2)c(O)c1O. The highest BCUT2D eigenvalue weighted by Crippen LogP contribution is 2.45. The zero-order valence-corrected chi connectivity index (χ0v) is 11.5. The second-order valence-corrected chi connectivity index (χ2v) is 6.10. The van der Waals surface area contributed by atoms with Crippen molar-refractivity contribution in [2.24, 2.45) is 0 Å². The predicted molar refractivity (Wildman–Crippen MR) is 70.5 cm³/mol. The minimum Gasteiger partial charge on any atom is -0.502 e. The Kier molecular flexibility index (Phi) is 3.77. The quantitative estimate of drug-likeness (QED) is 0.803. The maximum Gasteiger partial charge on any atom is 0.253 e. The maximum atomic E-state index is 13.2. The van der Waals surface area contributed by atoms with Crippen LogP contribution in [0.5, 0.6) is 11.5 Å². The van der Waals surface area contributed by atoms with Gasteiger partial charge in [-0.15, -0.1) is 0 Å². The lowest BCUT2D eigenvalue weighted by atomic mass is 10.1. The minimum absolute atomic E-state index is 0.0661. The van der Waals surface area contributed by atoms with Crippen molar-refractivity contribution in [2.45, 2.75) is 6.92 Å². The molecule has 0 radical (unpaired) electrons. The summed E-state index contributed by atoms with van der Waals surface area (Å²) in [6, 6.07) is 2.65. The number of hydrogen-bond acceptors (Lipinski definition) is 5. The first-order valence-electron chi connectivity index (χ1n) is 5.75. The summed E-state index contributed by atoms with van der Waals surface area (Å²) in [6.07, 6.45) is 0. The summed E-state index contributed by atoms with van der Waals surface area (Å²) in [6.45, 7) is 1.36. The van der Waals surface area contributed by atoms with E-state index in [4.69, 9.17) is 4.42 Å². The molecule has 9 heteroatoms. The highest BCUT2D eigenvalue weighted by molar-refractivity contribution is 7.92. The van der Waals surface area contributed by atoms with Gasteiger partial charge in [0.2, 0.25) is 21.5 Å². The summed E-state index contributed by atoms with van der Waals surface area (Å²) in [5, 5.41) is 19.3. The Morgan fingerprint density at radius 2 is 1.86 bits per heavy atom. The molecule has 0 unspecified atom stereocenters. The van der Waals surface area contributed by atoms with Crippen molar-refractivity contribution in [3.8, 4) is 22.8 Å². The molecule has 2 rings (SSSR count). The first kappa shape index (κ1) is 15.1. The van der Waals surface area contributed by atoms with Crippen LogP contribution < -0.4 is 4.72 Å². The molecule has 0 bridgehead atoms. The summed E-state index contributed by atoms with van der Waals surface area (Å²) < 4.78 is 55.7. The van der Waals surface area contributed by atoms with E-state index in [2.05, 4.69) is 0 Å². The molecule has 0 aliphatic rings. The fraction of sp³-hybridized carbons (Fsp3) is 0.167. The zero-order valence-electron chi connectivity index (χ0n) is 10.7. The number of anilines is 1. The van der Waals surface area contributed by atoms with Gasteiger partial charge >= 0.3 is 0 Å². The van der Waals surface area contributed by atoms with Crippen molar-refractivity contribution in [1.29, 1.82) is 0 Å². The Balaban J connectivity index is 2.49. The molecule has 0 atom stereocenters. The highest BCUT2D eigenvalue weighted by Gasteiger charge is 2.24. The number of halogens is 2. The van der Waals surface area contributed by atoms with Crippen molar-refractivity contribution in [2.75, 3.05) is 10.5 Å². The molecular weight excluding hydrogens is 308 g/mol. The van der Waals surface area contributed by atoms with Crippen molar-refractivity contribution in [1.82, 2.24) is 0 Å². The van der Waals surface area contributed by atoms with Gasteiger partial charge in [-0.2, -0.15) is 0 Å². The van der Waals surface area contributed by atoms with Gasteiger partial charge in [-0.25, -0.2) is 21.9 Å². The van der Waals surface area contributed by atoms with Gasteiger partial charge in [0.1, 0.15) is 0 Å². The van der Waals surface area contributed by atoms with Crippen LogP contribution in [0.25, 0.3) is 11.3 Å². The molecule has 0 saturated heterocycles. The summed E-state index contributed by atoms with van der Waals surface area (Å²) in [4.78, 5) is 0. The zero-order chi connectivity index (χ0) is 15.8. The third-order valence-corrected chi connectivity index (χ3v) is 3.93. The van der Waals surface area contributed by atoms with Crippen LogP contribution >= 0.6 is 0 Å². The fourth-order valence-corrected chi connectivity index (χ4v) is 2.09. The lowest BCUT2D eigenvalue weighted by molar-refractivity contribution is 0.410. The van der Waals surface area contributed by atoms with E-state index in [9.17, 15) is 27.4 Å². The topological polar surface area (TPSA) is 99.8 Å². The summed E-state index contributed by atoms with van der Waals surface area (Å²) in [7, 11) is -3.74. The van der Waals surface area contributed by atoms with Crippen LogP contribution in [-0.4, -0.2) is 24.4 Å². The van der Waals surface area contributed by atoms with Gasteiger partial charge in [-0.05, 0) is 25.1 Å². The maximum absolute atomic E-state index is 13.2. The minimum atomic E-state index is -3.74. The average Bonchev–Trinajstić information content (AvgIpc) is 2.70. The highest BCUT2D eigenvalue weighted by atomic mass is 32.2. The number of hydrogen-bond donors (Lipinski definition) is 3. The molecule has 0 aliphatic carbocycles. The number of sulfonamides is 1. The monoisotopic (exact) mass is 319 g/mol. The van der Waals surface area contributed by atoms with Gasteiger partial charge in [0.25, 0.3) is 5.88 Å². The van der Waals surface area contributed by atoms with Crippen molar-refractivity contribution < 1.29 is 31.8 Å². The molecule has 0 spiro atoms. The average molecular weight is 319 g/mol. The standard InChI is InChI=1S/C12H11F2NO5S/c1-2-21(18,19)15-12-10(17)9(16)11(20-12)6-3-4-7(13)8(14)5-6/h3-5,15-17H,2H2,1H3. The van der Waals surface area contributed by atoms with Gasteiger partial charge in [-0.3, -0.25) is 0 Å². The molecule has 1 aromatic heterocycles. The van der Waals surface area contributed by atoms with Crippen LogP contribution in [-0.2, 0) is 10.0 Å². The Morgan fingerprint density at radius 1 is 1.19 bits per heavy atom. The molecule has 21 heavy (non-hydrogen) atoms. The van der Waals surface area contributed by atoms with Gasteiger partial charge in [0.05, 0.1) is 5.75 Å². The second kappa shape index (κ2) is 5.24. The third kappa shape index (κ3) is 2.92. The Labute approximate surface area is 118 Å². The summed E-state index contributed by atoms with van der Waals surface area (Å²) in [5.41, 5.74) is -0.0661. The number of rotatable bonds is 4. The molecule has 0 fully saturated rings. The van der Waals surface area contributed by atoms with Gasteiger partial charge < -0.3 is 14.6 Å². The molecule has 6 nitrogen and oxygen atoms in total. The van der Waals surface area contributed by atoms with Crippen molar-refractivity contribution >= 4 is 15.9 Å². The van der Waals surface area contributed by atoms with Crippen LogP contribution in [0.2, 0.25) is 0 Å². The number of nitrogens with one attached hydrogen (secondary N) is 1. The molecule has 0 amide bonds. The molecule has 0 aliphatic heterocycles. The van der Waals surface area contributed by atoms with Gasteiger partial charge in [0, 0.05) is 5.56 Å². The third-order valence-electron chi connectivity index (χ3n) is 2.67. The Hall–Kier alpha value is -2.29. The van der Waals surface area contributed by atoms with Crippen LogP contribution in [0.3, 0.4) is 0 Å². The number of furan rings is 1. The van der Waals surface area contributed by atoms with Gasteiger partial charge in [0.15, 0.2) is 17.4 Å². The van der Waals surface area contributed by atoms with E-state index in [1.54, 1.807) is 0 Å².